The van der Waals surface area contributed by atoms with Crippen LogP contribution in [0.25, 0.3) is 0 Å². The van der Waals surface area contributed by atoms with Gasteiger partial charge in [-0.15, -0.1) is 12.4 Å². The van der Waals surface area contributed by atoms with Gasteiger partial charge in [0.2, 0.25) is 0 Å². The molecule has 0 saturated carbocycles. The van der Waals surface area contributed by atoms with E-state index in [0.29, 0.717) is 5.16 Å². The molecule has 1 unspecified atom stereocenters. The molecule has 1 aromatic carbocycles. The van der Waals surface area contributed by atoms with Gasteiger partial charge in [0, 0.05) is 0 Å². The second-order valence-electron chi connectivity index (χ2n) is 4.75. The summed E-state index contributed by atoms with van der Waals surface area (Å²) in [7, 11) is 0.907. The van der Waals surface area contributed by atoms with E-state index in [1.54, 1.807) is 0 Å². The highest BCUT2D eigenvalue weighted by Gasteiger charge is 2.10. The average molecular weight is 231 g/mol. The summed E-state index contributed by atoms with van der Waals surface area (Å²) in [5.74, 6) is 0. The van der Waals surface area contributed by atoms with E-state index in [9.17, 15) is 0 Å². The Bertz CT molecular complexity index is 279. The van der Waals surface area contributed by atoms with Crippen LogP contribution in [-0.4, -0.2) is 5.16 Å². The Kier molecular flexibility index (Phi) is 5.12. The van der Waals surface area contributed by atoms with Crippen molar-refractivity contribution < 1.29 is 0 Å². The average Bonchev–Trinajstić information content (AvgIpc) is 1.78. The topological polar surface area (TPSA) is 0 Å². The minimum absolute atomic E-state index is 0. The van der Waals surface area contributed by atoms with Crippen molar-refractivity contribution in [1.29, 1.82) is 0 Å². The summed E-state index contributed by atoms with van der Waals surface area (Å²) >= 11 is 0. The zero-order valence-electron chi connectivity index (χ0n) is 9.64. The van der Waals surface area contributed by atoms with E-state index in [4.69, 9.17) is 0 Å². The molecule has 0 aromatic heterocycles. The highest BCUT2D eigenvalue weighted by molar-refractivity contribution is 7.48. The maximum Gasteiger partial charge on any atom is -0.0166 e. The zero-order chi connectivity index (χ0) is 10.1. The van der Waals surface area contributed by atoms with Crippen molar-refractivity contribution >= 4 is 26.3 Å². The minimum atomic E-state index is 0. The molecule has 0 amide bonds. The molecule has 14 heavy (non-hydrogen) atoms. The fourth-order valence-electron chi connectivity index (χ4n) is 1.48. The molecule has 1 rings (SSSR count). The Hall–Kier alpha value is -0.0600. The number of rotatable bonds is 1. The van der Waals surface area contributed by atoms with Crippen LogP contribution in [0, 0.1) is 13.8 Å². The lowest BCUT2D eigenvalue weighted by Crippen LogP contribution is -2.11. The molecule has 0 bridgehead atoms. The van der Waals surface area contributed by atoms with E-state index in [-0.39, 0.29) is 12.4 Å². The lowest BCUT2D eigenvalue weighted by Gasteiger charge is -2.18. The van der Waals surface area contributed by atoms with Gasteiger partial charge in [-0.25, -0.2) is 0 Å². The van der Waals surface area contributed by atoms with E-state index in [1.807, 2.05) is 0 Å². The van der Waals surface area contributed by atoms with Gasteiger partial charge in [0.25, 0.3) is 0 Å². The largest absolute Gasteiger partial charge is 0.147 e. The minimum Gasteiger partial charge on any atom is -0.147 e. The Morgan fingerprint density at radius 2 is 1.36 bits per heavy atom. The summed E-state index contributed by atoms with van der Waals surface area (Å²) in [6.45, 7) is 11.2. The smallest absolute Gasteiger partial charge is 0.0166 e. The van der Waals surface area contributed by atoms with Crippen LogP contribution >= 0.6 is 21.0 Å². The SMILES string of the molecule is Cc1cc(C)cc(PC(C)(C)C)c1.Cl. The summed E-state index contributed by atoms with van der Waals surface area (Å²) in [4.78, 5) is 0. The van der Waals surface area contributed by atoms with E-state index >= 15 is 0 Å². The molecule has 0 spiro atoms. The van der Waals surface area contributed by atoms with Gasteiger partial charge >= 0.3 is 0 Å². The highest BCUT2D eigenvalue weighted by Crippen LogP contribution is 2.29. The van der Waals surface area contributed by atoms with Gasteiger partial charge in [-0.1, -0.05) is 58.7 Å². The van der Waals surface area contributed by atoms with Gasteiger partial charge in [0.1, 0.15) is 0 Å². The Morgan fingerprint density at radius 1 is 0.929 bits per heavy atom. The summed E-state index contributed by atoms with van der Waals surface area (Å²) in [6, 6.07) is 6.84. The van der Waals surface area contributed by atoms with Crippen LogP contribution in [0.15, 0.2) is 18.2 Å². The molecule has 0 aliphatic rings. The molecule has 2 heteroatoms. The second kappa shape index (κ2) is 5.14. The Morgan fingerprint density at radius 3 is 1.71 bits per heavy atom. The van der Waals surface area contributed by atoms with Crippen molar-refractivity contribution in [3.63, 3.8) is 0 Å². The first-order valence-corrected chi connectivity index (χ1v) is 5.73. The monoisotopic (exact) mass is 230 g/mol. The van der Waals surface area contributed by atoms with E-state index in [2.05, 4.69) is 52.8 Å². The van der Waals surface area contributed by atoms with Gasteiger partial charge in [-0.2, -0.15) is 0 Å². The number of hydrogen-bond acceptors (Lipinski definition) is 0. The number of halogens is 1. The standard InChI is InChI=1S/C12H19P.ClH/c1-9-6-10(2)8-11(7-9)13-12(3,4)5;/h6-8,13H,1-5H3;1H. The molecule has 0 aliphatic heterocycles. The molecule has 1 atom stereocenters. The number of aryl methyl sites for hydroxylation is 2. The van der Waals surface area contributed by atoms with Crippen molar-refractivity contribution in [1.82, 2.24) is 0 Å². The molecule has 0 N–H and O–H groups in total. The number of benzene rings is 1. The first-order chi connectivity index (χ1) is 5.87. The van der Waals surface area contributed by atoms with Gasteiger partial charge in [-0.05, 0) is 24.3 Å². The van der Waals surface area contributed by atoms with Crippen LogP contribution in [0.5, 0.6) is 0 Å². The van der Waals surface area contributed by atoms with Crippen LogP contribution in [0.2, 0.25) is 0 Å². The van der Waals surface area contributed by atoms with Crippen LogP contribution < -0.4 is 5.30 Å². The first kappa shape index (κ1) is 13.9. The summed E-state index contributed by atoms with van der Waals surface area (Å²) in [5.41, 5.74) is 2.76. The zero-order valence-corrected chi connectivity index (χ0v) is 11.5. The quantitative estimate of drug-likeness (QED) is 0.644. The third-order valence-electron chi connectivity index (χ3n) is 1.74. The molecule has 1 aromatic rings. The molecule has 0 fully saturated rings. The fourth-order valence-corrected chi connectivity index (χ4v) is 2.95. The molecule has 0 nitrogen and oxygen atoms in total. The van der Waals surface area contributed by atoms with E-state index < -0.39 is 0 Å². The van der Waals surface area contributed by atoms with E-state index in [0.717, 1.165) is 8.58 Å². The molecular weight excluding hydrogens is 211 g/mol. The normalized spacial score (nSPS) is 11.8. The molecular formula is C12H20ClP. The maximum atomic E-state index is 2.30. The third kappa shape index (κ3) is 4.98. The lowest BCUT2D eigenvalue weighted by atomic mass is 10.2. The van der Waals surface area contributed by atoms with Crippen molar-refractivity contribution in [2.75, 3.05) is 0 Å². The Labute approximate surface area is 95.7 Å². The maximum absolute atomic E-state index is 2.30. The van der Waals surface area contributed by atoms with Gasteiger partial charge < -0.3 is 0 Å². The van der Waals surface area contributed by atoms with Crippen LogP contribution in [-0.2, 0) is 0 Å². The van der Waals surface area contributed by atoms with E-state index in [1.165, 1.54) is 16.4 Å². The predicted molar refractivity (Wildman–Crippen MR) is 70.9 cm³/mol. The molecule has 0 aliphatic carbocycles. The number of hydrogen-bond donors (Lipinski definition) is 0. The molecule has 0 heterocycles. The Balaban J connectivity index is 0.00000169. The van der Waals surface area contributed by atoms with Gasteiger partial charge in [0.05, 0.1) is 0 Å². The summed E-state index contributed by atoms with van der Waals surface area (Å²) in [5, 5.41) is 1.91. The first-order valence-electron chi connectivity index (χ1n) is 4.73. The fraction of sp³-hybridized carbons (Fsp3) is 0.500. The summed E-state index contributed by atoms with van der Waals surface area (Å²) < 4.78 is 0. The van der Waals surface area contributed by atoms with Crippen LogP contribution in [0.4, 0.5) is 0 Å². The van der Waals surface area contributed by atoms with Crippen molar-refractivity contribution in [2.24, 2.45) is 0 Å². The van der Waals surface area contributed by atoms with Crippen molar-refractivity contribution in [2.45, 2.75) is 39.8 Å². The van der Waals surface area contributed by atoms with Gasteiger partial charge in [0.15, 0.2) is 0 Å². The van der Waals surface area contributed by atoms with Crippen molar-refractivity contribution in [3.8, 4) is 0 Å². The molecule has 80 valence electrons. The summed E-state index contributed by atoms with van der Waals surface area (Å²) in [6.07, 6.45) is 0. The molecule has 0 saturated heterocycles. The van der Waals surface area contributed by atoms with Crippen LogP contribution in [0.1, 0.15) is 31.9 Å². The lowest BCUT2D eigenvalue weighted by molar-refractivity contribution is 0.799. The van der Waals surface area contributed by atoms with Crippen molar-refractivity contribution in [3.05, 3.63) is 29.3 Å². The van der Waals surface area contributed by atoms with Crippen LogP contribution in [0.3, 0.4) is 0 Å². The highest BCUT2D eigenvalue weighted by atomic mass is 35.5. The predicted octanol–water partition coefficient (Wildman–Crippen LogP) is 3.83. The van der Waals surface area contributed by atoms with Gasteiger partial charge in [-0.3, -0.25) is 0 Å². The molecule has 0 radical (unpaired) electrons. The second-order valence-corrected chi connectivity index (χ2v) is 7.08. The third-order valence-corrected chi connectivity index (χ3v) is 3.07.